The Morgan fingerprint density at radius 2 is 0.422 bits per heavy atom. The van der Waals surface area contributed by atoms with Crippen LogP contribution in [0.1, 0.15) is 424 Å². The molecule has 4 heteroatoms. The highest BCUT2D eigenvalue weighted by molar-refractivity contribution is 5.23. The fraction of sp³-hybridized carbons (Fsp3) is 0.581. The molecule has 0 atom stereocenters. The van der Waals surface area contributed by atoms with Gasteiger partial charge >= 0.3 is 0 Å². The number of nitrogens with one attached hydrogen (secondary N) is 3. The van der Waals surface area contributed by atoms with Crippen molar-refractivity contribution < 1.29 is 0 Å². The molecule has 0 unspecified atom stereocenters. The molecule has 0 bridgehead atoms. The van der Waals surface area contributed by atoms with Gasteiger partial charge in [-0.15, -0.1) is 0 Å². The Morgan fingerprint density at radius 1 is 0.219 bits per heavy atom. The number of rotatable bonds is 8. The Bertz CT molecular complexity index is 2970. The van der Waals surface area contributed by atoms with Gasteiger partial charge in [0.15, 0.2) is 0 Å². The molecular weight excluding hydrogens is 1550 g/mol. The largest absolute Gasteiger partial charge is 0.317 e. The van der Waals surface area contributed by atoms with Crippen LogP contribution in [0.25, 0.3) is 0 Å². The number of benzene rings is 8. The highest BCUT2D eigenvalue weighted by Gasteiger charge is 2.11. The quantitative estimate of drug-likeness (QED) is 0.133. The second-order valence-electron chi connectivity index (χ2n) is 40.3. The van der Waals surface area contributed by atoms with Crippen LogP contribution in [0.15, 0.2) is 266 Å². The third-order valence-electron chi connectivity index (χ3n) is 25.1. The first-order valence-corrected chi connectivity index (χ1v) is 52.1. The third-order valence-corrected chi connectivity index (χ3v) is 25.1. The van der Waals surface area contributed by atoms with E-state index >= 15 is 0 Å². The van der Waals surface area contributed by atoms with Gasteiger partial charge in [-0.3, -0.25) is 0 Å². The molecule has 3 saturated heterocycles. The Labute approximate surface area is 795 Å². The van der Waals surface area contributed by atoms with E-state index in [1.807, 2.05) is 48.5 Å². The molecule has 6 fully saturated rings. The second kappa shape index (κ2) is 80.9. The molecule has 16 rings (SSSR count). The maximum absolute atomic E-state index is 3.32. The van der Waals surface area contributed by atoms with Crippen molar-refractivity contribution in [3.05, 3.63) is 310 Å². The summed E-state index contributed by atoms with van der Waals surface area (Å²) in [6.45, 7) is 61.2. The van der Waals surface area contributed by atoms with Crippen molar-refractivity contribution in [3.8, 4) is 0 Å². The lowest BCUT2D eigenvalue weighted by molar-refractivity contribution is 0.277. The molecule has 4 aliphatic heterocycles. The molecule has 4 aliphatic carbocycles. The number of hydrogen-bond acceptors (Lipinski definition) is 4. The summed E-state index contributed by atoms with van der Waals surface area (Å²) >= 11 is 0. The van der Waals surface area contributed by atoms with Crippen molar-refractivity contribution in [2.45, 2.75) is 380 Å². The normalized spacial score (nSPS) is 16.3. The first-order chi connectivity index (χ1) is 61.6. The first kappa shape index (κ1) is 119. The van der Waals surface area contributed by atoms with E-state index < -0.39 is 0 Å². The lowest BCUT2D eigenvalue weighted by Gasteiger charge is -2.20. The maximum Gasteiger partial charge on any atom is 0.0137 e. The second-order valence-corrected chi connectivity index (χ2v) is 40.3. The van der Waals surface area contributed by atoms with Gasteiger partial charge < -0.3 is 20.9 Å². The Balaban J connectivity index is 0.000000683. The molecule has 0 spiro atoms. The van der Waals surface area contributed by atoms with Gasteiger partial charge in [0.05, 0.1) is 0 Å². The number of piperidine rings is 3. The Hall–Kier alpha value is -6.92. The average Bonchev–Trinajstić information content (AvgIpc) is 0.958. The molecule has 4 heterocycles. The molecule has 716 valence electrons. The molecule has 3 saturated carbocycles. The summed E-state index contributed by atoms with van der Waals surface area (Å²) in [5.41, 5.74) is 14.4. The van der Waals surface area contributed by atoms with Crippen LogP contribution in [0.3, 0.4) is 0 Å². The summed E-state index contributed by atoms with van der Waals surface area (Å²) in [5, 5.41) is 9.87. The van der Waals surface area contributed by atoms with Crippen molar-refractivity contribution in [1.82, 2.24) is 20.9 Å². The minimum atomic E-state index is 0.659. The summed E-state index contributed by atoms with van der Waals surface area (Å²) in [7, 11) is 2.19. The van der Waals surface area contributed by atoms with Gasteiger partial charge in [-0.25, -0.2) is 0 Å². The van der Waals surface area contributed by atoms with Crippen molar-refractivity contribution >= 4 is 0 Å². The van der Waals surface area contributed by atoms with Crippen LogP contribution in [0.4, 0.5) is 0 Å². The first-order valence-electron chi connectivity index (χ1n) is 52.1. The van der Waals surface area contributed by atoms with E-state index in [-0.39, 0.29) is 0 Å². The van der Waals surface area contributed by atoms with Gasteiger partial charge in [0, 0.05) is 6.54 Å². The van der Waals surface area contributed by atoms with Gasteiger partial charge in [-0.1, -0.05) is 514 Å². The molecule has 0 radical (unpaired) electrons. The van der Waals surface area contributed by atoms with E-state index in [2.05, 4.69) is 393 Å². The minimum absolute atomic E-state index is 0.659. The third kappa shape index (κ3) is 70.9. The zero-order valence-electron chi connectivity index (χ0n) is 87.5. The molecule has 0 amide bonds. The molecule has 0 aromatic heterocycles. The smallest absolute Gasteiger partial charge is 0.0137 e. The number of likely N-dealkylation sites (tertiary alicyclic amines) is 1. The number of nitrogens with zero attached hydrogens (tertiary/aromatic N) is 1. The lowest BCUT2D eigenvalue weighted by atomic mass is 9.91. The summed E-state index contributed by atoms with van der Waals surface area (Å²) in [4.78, 5) is 2.39. The molecular formula is C124H200N4. The van der Waals surface area contributed by atoms with Crippen LogP contribution in [0.2, 0.25) is 0 Å². The van der Waals surface area contributed by atoms with Crippen LogP contribution >= 0.6 is 0 Å². The van der Waals surface area contributed by atoms with Crippen LogP contribution in [-0.4, -0.2) is 64.3 Å². The van der Waals surface area contributed by atoms with Gasteiger partial charge in [0.2, 0.25) is 0 Å². The molecule has 8 aromatic carbocycles. The van der Waals surface area contributed by atoms with Crippen molar-refractivity contribution in [1.29, 1.82) is 0 Å². The molecule has 8 aliphatic rings. The van der Waals surface area contributed by atoms with E-state index in [0.717, 1.165) is 36.1 Å². The van der Waals surface area contributed by atoms with Gasteiger partial charge in [0.1, 0.15) is 0 Å². The highest BCUT2D eigenvalue weighted by atomic mass is 15.1. The molecule has 4 nitrogen and oxygen atoms in total. The zero-order valence-corrected chi connectivity index (χ0v) is 87.5. The molecule has 128 heavy (non-hydrogen) atoms. The predicted octanol–water partition coefficient (Wildman–Crippen LogP) is 36.8. The van der Waals surface area contributed by atoms with E-state index in [9.17, 15) is 0 Å². The summed E-state index contributed by atoms with van der Waals surface area (Å²) in [6.07, 6.45) is 43.4. The fourth-order valence-electron chi connectivity index (χ4n) is 15.3. The summed E-state index contributed by atoms with van der Waals surface area (Å²) < 4.78 is 0. The van der Waals surface area contributed by atoms with Crippen molar-refractivity contribution in [2.75, 3.05) is 59.4 Å². The minimum Gasteiger partial charge on any atom is -0.317 e. The van der Waals surface area contributed by atoms with Crippen LogP contribution in [0.5, 0.6) is 0 Å². The standard InChI is InChI=1S/8C9H12.3C7H14.C7H12.2C6H13N.C6H11N.C6H13N/c8*1-8(2)9-6-4-3-5-7-9;4*1-7-5-3-2-4-6-7;3*1-6-2-4-7-5-3-6;1-7-5-3-2-4-6-7/h8*3-8H,1-2H3;3*7H,2-6H2,1H3;5H,2-4,6H2,1H3;2*6-7H,2-5H2,1H3;2,7H,3-5H2,1H3;2-6H2,1H3. The zero-order chi connectivity index (χ0) is 94.4. The van der Waals surface area contributed by atoms with Crippen LogP contribution in [0, 0.1) is 29.6 Å². The SMILES string of the molecule is CC(C)c1ccccc1.CC(C)c1ccccc1.CC(C)c1ccccc1.CC(C)c1ccccc1.CC(C)c1ccccc1.CC(C)c1ccccc1.CC(C)c1ccccc1.CC(C)c1ccccc1.CC1=CCCCC1.CC1=CCNCC1.CC1CCCCC1.CC1CCCCC1.CC1CCCCC1.CC1CCNCC1.CC1CCNCC1.CN1CCCCC1. The van der Waals surface area contributed by atoms with Crippen molar-refractivity contribution in [2.24, 2.45) is 29.6 Å². The Kier molecular flexibility index (Phi) is 75.3. The molecule has 3 N–H and O–H groups in total. The monoisotopic (exact) mass is 1750 g/mol. The summed E-state index contributed by atoms with van der Waals surface area (Å²) in [6, 6.07) is 84.2. The maximum atomic E-state index is 3.32. The van der Waals surface area contributed by atoms with Crippen molar-refractivity contribution in [3.63, 3.8) is 0 Å². The van der Waals surface area contributed by atoms with Gasteiger partial charge in [0.25, 0.3) is 0 Å². The van der Waals surface area contributed by atoms with Gasteiger partial charge in [-0.2, -0.15) is 0 Å². The fourth-order valence-corrected chi connectivity index (χ4v) is 15.3. The van der Waals surface area contributed by atoms with E-state index in [4.69, 9.17) is 0 Å². The van der Waals surface area contributed by atoms with Crippen LogP contribution < -0.4 is 16.0 Å². The molecule has 8 aromatic rings. The summed E-state index contributed by atoms with van der Waals surface area (Å²) in [5.74, 6) is 10.3. The lowest BCUT2D eigenvalue weighted by Crippen LogP contribution is -2.26. The topological polar surface area (TPSA) is 39.3 Å². The average molecular weight is 1750 g/mol. The number of allylic oxidation sites excluding steroid dienone is 2. The van der Waals surface area contributed by atoms with E-state index in [1.54, 1.807) is 5.57 Å². The number of hydrogen-bond donors (Lipinski definition) is 3. The Morgan fingerprint density at radius 3 is 0.523 bits per heavy atom. The van der Waals surface area contributed by atoms with Gasteiger partial charge in [-0.05, 0) is 259 Å². The highest BCUT2D eigenvalue weighted by Crippen LogP contribution is 2.26. The van der Waals surface area contributed by atoms with Crippen LogP contribution in [-0.2, 0) is 0 Å². The van der Waals surface area contributed by atoms with E-state index in [1.165, 1.54) is 269 Å². The van der Waals surface area contributed by atoms with E-state index in [0.29, 0.717) is 47.3 Å². The predicted molar refractivity (Wildman–Crippen MR) is 578 cm³/mol.